The summed E-state index contributed by atoms with van der Waals surface area (Å²) in [7, 11) is 3.61. The third kappa shape index (κ3) is 5.49. The molecular formula is C14H23NO3. The molecule has 1 rings (SSSR count). The molecule has 1 N–H and O–H groups in total. The van der Waals surface area contributed by atoms with Gasteiger partial charge in [0.15, 0.2) is 0 Å². The van der Waals surface area contributed by atoms with E-state index in [9.17, 15) is 0 Å². The Hall–Kier alpha value is -1.10. The van der Waals surface area contributed by atoms with E-state index in [0.717, 1.165) is 5.75 Å². The van der Waals surface area contributed by atoms with Gasteiger partial charge in [-0.15, -0.1) is 0 Å². The van der Waals surface area contributed by atoms with Gasteiger partial charge in [-0.1, -0.05) is 12.1 Å². The minimum atomic E-state index is 0.358. The van der Waals surface area contributed by atoms with E-state index in [2.05, 4.69) is 24.4 Å². The van der Waals surface area contributed by atoms with Crippen molar-refractivity contribution < 1.29 is 14.2 Å². The van der Waals surface area contributed by atoms with Crippen molar-refractivity contribution in [2.45, 2.75) is 13.0 Å². The Morgan fingerprint density at radius 3 is 2.33 bits per heavy atom. The number of nitrogens with one attached hydrogen (secondary N) is 1. The van der Waals surface area contributed by atoms with Crippen LogP contribution >= 0.6 is 0 Å². The van der Waals surface area contributed by atoms with E-state index in [1.54, 1.807) is 7.11 Å². The van der Waals surface area contributed by atoms with Gasteiger partial charge >= 0.3 is 0 Å². The molecule has 1 unspecified atom stereocenters. The minimum Gasteiger partial charge on any atom is -0.491 e. The van der Waals surface area contributed by atoms with Crippen LogP contribution in [0.4, 0.5) is 0 Å². The molecule has 0 fully saturated rings. The average molecular weight is 253 g/mol. The monoisotopic (exact) mass is 253 g/mol. The summed E-state index contributed by atoms with van der Waals surface area (Å²) >= 11 is 0. The summed E-state index contributed by atoms with van der Waals surface area (Å²) in [5, 5.41) is 3.20. The highest BCUT2D eigenvalue weighted by atomic mass is 16.5. The first-order chi connectivity index (χ1) is 8.77. The predicted molar refractivity (Wildman–Crippen MR) is 72.1 cm³/mol. The van der Waals surface area contributed by atoms with E-state index >= 15 is 0 Å². The number of rotatable bonds is 9. The van der Waals surface area contributed by atoms with Crippen LogP contribution in [0.25, 0.3) is 0 Å². The van der Waals surface area contributed by atoms with Crippen LogP contribution in [-0.4, -0.2) is 40.6 Å². The lowest BCUT2D eigenvalue weighted by Gasteiger charge is -2.11. The smallest absolute Gasteiger partial charge is 0.119 e. The largest absolute Gasteiger partial charge is 0.491 e. The van der Waals surface area contributed by atoms with E-state index in [4.69, 9.17) is 14.2 Å². The fourth-order valence-corrected chi connectivity index (χ4v) is 1.48. The Kier molecular flexibility index (Phi) is 7.41. The van der Waals surface area contributed by atoms with Crippen LogP contribution in [0.5, 0.6) is 5.75 Å². The maximum atomic E-state index is 5.57. The van der Waals surface area contributed by atoms with Gasteiger partial charge < -0.3 is 19.5 Å². The Labute approximate surface area is 109 Å². The molecule has 18 heavy (non-hydrogen) atoms. The third-order valence-electron chi connectivity index (χ3n) is 2.74. The van der Waals surface area contributed by atoms with Crippen molar-refractivity contribution in [1.82, 2.24) is 5.32 Å². The molecule has 0 spiro atoms. The van der Waals surface area contributed by atoms with Gasteiger partial charge in [-0.2, -0.15) is 0 Å². The van der Waals surface area contributed by atoms with Crippen molar-refractivity contribution >= 4 is 0 Å². The molecule has 0 saturated heterocycles. The fourth-order valence-electron chi connectivity index (χ4n) is 1.48. The Morgan fingerprint density at radius 2 is 1.72 bits per heavy atom. The number of benzene rings is 1. The third-order valence-corrected chi connectivity index (χ3v) is 2.74. The molecule has 0 aromatic heterocycles. The first kappa shape index (κ1) is 15.0. The molecule has 0 amide bonds. The van der Waals surface area contributed by atoms with Gasteiger partial charge in [-0.05, 0) is 31.7 Å². The summed E-state index contributed by atoms with van der Waals surface area (Å²) in [5.41, 5.74) is 1.25. The molecule has 1 atom stereocenters. The van der Waals surface area contributed by atoms with Crippen molar-refractivity contribution in [1.29, 1.82) is 0 Å². The number of methoxy groups -OCH3 is 1. The maximum absolute atomic E-state index is 5.57. The van der Waals surface area contributed by atoms with Crippen LogP contribution in [0, 0.1) is 0 Å². The van der Waals surface area contributed by atoms with Gasteiger partial charge in [-0.3, -0.25) is 0 Å². The van der Waals surface area contributed by atoms with Crippen molar-refractivity contribution in [2.75, 3.05) is 40.6 Å². The molecule has 1 aromatic rings. The Bertz CT molecular complexity index is 313. The number of hydrogen-bond donors (Lipinski definition) is 1. The van der Waals surface area contributed by atoms with E-state index in [1.807, 2.05) is 19.2 Å². The molecular weight excluding hydrogens is 230 g/mol. The lowest BCUT2D eigenvalue weighted by molar-refractivity contribution is 0.0544. The quantitative estimate of drug-likeness (QED) is 0.683. The molecule has 1 aromatic carbocycles. The Balaban J connectivity index is 2.22. The minimum absolute atomic E-state index is 0.358. The van der Waals surface area contributed by atoms with E-state index < -0.39 is 0 Å². The molecule has 0 bridgehead atoms. The van der Waals surface area contributed by atoms with Crippen LogP contribution in [0.1, 0.15) is 18.5 Å². The van der Waals surface area contributed by atoms with Crippen molar-refractivity contribution in [3.05, 3.63) is 29.8 Å². The zero-order valence-corrected chi connectivity index (χ0v) is 11.4. The second kappa shape index (κ2) is 8.91. The summed E-state index contributed by atoms with van der Waals surface area (Å²) in [5.74, 6) is 0.873. The van der Waals surface area contributed by atoms with E-state index in [-0.39, 0.29) is 0 Å². The zero-order chi connectivity index (χ0) is 13.2. The highest BCUT2D eigenvalue weighted by molar-refractivity contribution is 5.28. The summed E-state index contributed by atoms with van der Waals surface area (Å²) in [4.78, 5) is 0. The highest BCUT2D eigenvalue weighted by Crippen LogP contribution is 2.17. The van der Waals surface area contributed by atoms with Crippen LogP contribution in [-0.2, 0) is 9.47 Å². The summed E-state index contributed by atoms with van der Waals surface area (Å²) in [6, 6.07) is 8.47. The normalized spacial score (nSPS) is 12.4. The predicted octanol–water partition coefficient (Wildman–Crippen LogP) is 2.01. The zero-order valence-electron chi connectivity index (χ0n) is 11.4. The van der Waals surface area contributed by atoms with Gasteiger partial charge in [0.25, 0.3) is 0 Å². The van der Waals surface area contributed by atoms with Gasteiger partial charge in [0, 0.05) is 13.2 Å². The topological polar surface area (TPSA) is 39.7 Å². The van der Waals surface area contributed by atoms with Crippen LogP contribution < -0.4 is 10.1 Å². The molecule has 0 radical (unpaired) electrons. The van der Waals surface area contributed by atoms with Crippen LogP contribution in [0.15, 0.2) is 24.3 Å². The average Bonchev–Trinajstić information content (AvgIpc) is 2.42. The van der Waals surface area contributed by atoms with Crippen LogP contribution in [0.3, 0.4) is 0 Å². The van der Waals surface area contributed by atoms with Crippen molar-refractivity contribution in [3.63, 3.8) is 0 Å². The summed E-state index contributed by atoms with van der Waals surface area (Å²) in [6.07, 6.45) is 0. The van der Waals surface area contributed by atoms with Gasteiger partial charge in [0.05, 0.1) is 19.8 Å². The second-order valence-electron chi connectivity index (χ2n) is 4.03. The standard InChI is InChI=1S/C14H23NO3/c1-12(15-2)13-4-6-14(7-5-13)18-11-10-17-9-8-16-3/h4-7,12,15H,8-11H2,1-3H3. The van der Waals surface area contributed by atoms with Gasteiger partial charge in [-0.25, -0.2) is 0 Å². The lowest BCUT2D eigenvalue weighted by Crippen LogP contribution is -2.12. The molecule has 0 heterocycles. The van der Waals surface area contributed by atoms with Crippen molar-refractivity contribution in [2.24, 2.45) is 0 Å². The number of hydrogen-bond acceptors (Lipinski definition) is 4. The lowest BCUT2D eigenvalue weighted by atomic mass is 10.1. The second-order valence-corrected chi connectivity index (χ2v) is 4.03. The maximum Gasteiger partial charge on any atom is 0.119 e. The highest BCUT2D eigenvalue weighted by Gasteiger charge is 2.01. The van der Waals surface area contributed by atoms with E-state index in [0.29, 0.717) is 32.5 Å². The van der Waals surface area contributed by atoms with Crippen molar-refractivity contribution in [3.8, 4) is 5.75 Å². The van der Waals surface area contributed by atoms with Gasteiger partial charge in [0.1, 0.15) is 12.4 Å². The van der Waals surface area contributed by atoms with E-state index in [1.165, 1.54) is 5.56 Å². The molecule has 0 saturated carbocycles. The fraction of sp³-hybridized carbons (Fsp3) is 0.571. The Morgan fingerprint density at radius 1 is 1.06 bits per heavy atom. The molecule has 0 aliphatic carbocycles. The molecule has 4 heteroatoms. The molecule has 0 aliphatic heterocycles. The SMILES string of the molecule is CNC(C)c1ccc(OCCOCCOC)cc1. The molecule has 102 valence electrons. The first-order valence-electron chi connectivity index (χ1n) is 6.24. The molecule has 0 aliphatic rings. The van der Waals surface area contributed by atoms with Crippen LogP contribution in [0.2, 0.25) is 0 Å². The number of ether oxygens (including phenoxy) is 3. The molecule has 4 nitrogen and oxygen atoms in total. The first-order valence-corrected chi connectivity index (χ1v) is 6.24. The summed E-state index contributed by atoms with van der Waals surface area (Å²) < 4.78 is 15.8. The van der Waals surface area contributed by atoms with Gasteiger partial charge in [0.2, 0.25) is 0 Å². The summed E-state index contributed by atoms with van der Waals surface area (Å²) in [6.45, 7) is 4.50.